The molecule has 1 aliphatic heterocycles. The molecule has 0 N–H and O–H groups in total. The lowest BCUT2D eigenvalue weighted by atomic mass is 9.47. The molecule has 0 amide bonds. The molecule has 1 saturated heterocycles. The Labute approximate surface area is 153 Å². The Morgan fingerprint density at radius 2 is 2.08 bits per heavy atom. The van der Waals surface area contributed by atoms with Gasteiger partial charge in [-0.3, -0.25) is 0 Å². The van der Waals surface area contributed by atoms with Crippen molar-refractivity contribution in [2.45, 2.75) is 76.7 Å². The molecule has 0 aromatic heterocycles. The molecule has 136 valence electrons. The molecule has 1 heteroatoms. The van der Waals surface area contributed by atoms with Crippen molar-refractivity contribution in [3.8, 4) is 0 Å². The van der Waals surface area contributed by atoms with Gasteiger partial charge < -0.3 is 4.74 Å². The summed E-state index contributed by atoms with van der Waals surface area (Å²) in [6.45, 7) is 12.5. The fraction of sp³-hybridized carbons (Fsp3) is 0.750. The SMILES string of the molecule is C=C1C[C@@]2(CC)[C@@H](CC[C@@]23OCCC3=C)[C@@H]2CCC3=CCCC[C@@H]3[C@@H]12. The van der Waals surface area contributed by atoms with Crippen LogP contribution in [0.4, 0.5) is 0 Å². The third kappa shape index (κ3) is 1.94. The monoisotopic (exact) mass is 338 g/mol. The molecule has 1 spiro atoms. The van der Waals surface area contributed by atoms with Gasteiger partial charge in [0.25, 0.3) is 0 Å². The Bertz CT molecular complexity index is 642. The molecule has 4 aliphatic carbocycles. The third-order valence-electron chi connectivity index (χ3n) is 9.07. The van der Waals surface area contributed by atoms with Crippen molar-refractivity contribution >= 4 is 0 Å². The molecule has 25 heavy (non-hydrogen) atoms. The first kappa shape index (κ1) is 16.4. The lowest BCUT2D eigenvalue weighted by Gasteiger charge is -2.58. The van der Waals surface area contributed by atoms with Crippen LogP contribution in [0, 0.1) is 29.1 Å². The summed E-state index contributed by atoms with van der Waals surface area (Å²) in [4.78, 5) is 0. The van der Waals surface area contributed by atoms with Crippen LogP contribution in [0.1, 0.15) is 71.1 Å². The zero-order chi connectivity index (χ0) is 17.2. The van der Waals surface area contributed by atoms with E-state index in [2.05, 4.69) is 19.6 Å². The van der Waals surface area contributed by atoms with Crippen molar-refractivity contribution in [2.24, 2.45) is 29.1 Å². The molecule has 1 heterocycles. The summed E-state index contributed by atoms with van der Waals surface area (Å²) >= 11 is 0. The van der Waals surface area contributed by atoms with Gasteiger partial charge in [0.05, 0.1) is 12.2 Å². The van der Waals surface area contributed by atoms with E-state index in [9.17, 15) is 0 Å². The molecule has 0 radical (unpaired) electrons. The van der Waals surface area contributed by atoms with E-state index < -0.39 is 0 Å². The molecule has 0 bridgehead atoms. The van der Waals surface area contributed by atoms with Crippen molar-refractivity contribution < 1.29 is 4.74 Å². The van der Waals surface area contributed by atoms with Gasteiger partial charge >= 0.3 is 0 Å². The summed E-state index contributed by atoms with van der Waals surface area (Å²) in [5.74, 6) is 3.25. The molecule has 0 aromatic carbocycles. The highest BCUT2D eigenvalue weighted by Crippen LogP contribution is 2.70. The quantitative estimate of drug-likeness (QED) is 0.516. The molecule has 5 rings (SSSR count). The van der Waals surface area contributed by atoms with Gasteiger partial charge in [0.15, 0.2) is 0 Å². The Morgan fingerprint density at radius 1 is 1.20 bits per heavy atom. The molecule has 1 nitrogen and oxygen atoms in total. The van der Waals surface area contributed by atoms with Gasteiger partial charge in [-0.25, -0.2) is 0 Å². The fourth-order valence-electron chi connectivity index (χ4n) is 8.18. The first-order valence-electron chi connectivity index (χ1n) is 10.8. The second kappa shape index (κ2) is 5.59. The molecule has 5 aliphatic rings. The van der Waals surface area contributed by atoms with Gasteiger partial charge in [0.1, 0.15) is 0 Å². The van der Waals surface area contributed by atoms with Gasteiger partial charge in [-0.05, 0) is 93.5 Å². The maximum atomic E-state index is 6.56. The number of hydrogen-bond acceptors (Lipinski definition) is 1. The van der Waals surface area contributed by atoms with E-state index in [1.54, 1.807) is 11.1 Å². The topological polar surface area (TPSA) is 9.23 Å². The maximum Gasteiger partial charge on any atom is 0.0951 e. The summed E-state index contributed by atoms with van der Waals surface area (Å²) < 4.78 is 6.56. The van der Waals surface area contributed by atoms with Crippen molar-refractivity contribution in [1.29, 1.82) is 0 Å². The van der Waals surface area contributed by atoms with E-state index in [1.807, 2.05) is 0 Å². The van der Waals surface area contributed by atoms with Crippen LogP contribution >= 0.6 is 0 Å². The number of fused-ring (bicyclic) bond motifs is 6. The highest BCUT2D eigenvalue weighted by Gasteiger charge is 2.67. The Hall–Kier alpha value is -0.820. The van der Waals surface area contributed by atoms with Crippen molar-refractivity contribution in [3.63, 3.8) is 0 Å². The predicted molar refractivity (Wildman–Crippen MR) is 103 cm³/mol. The van der Waals surface area contributed by atoms with Crippen LogP contribution in [0.2, 0.25) is 0 Å². The van der Waals surface area contributed by atoms with Crippen LogP contribution in [0.15, 0.2) is 36.0 Å². The van der Waals surface area contributed by atoms with Crippen molar-refractivity contribution in [1.82, 2.24) is 0 Å². The average molecular weight is 339 g/mol. The molecule has 4 fully saturated rings. The van der Waals surface area contributed by atoms with E-state index >= 15 is 0 Å². The smallest absolute Gasteiger partial charge is 0.0951 e. The second-order valence-corrected chi connectivity index (χ2v) is 9.56. The Balaban J connectivity index is 1.56. The average Bonchev–Trinajstić information content (AvgIpc) is 3.17. The number of ether oxygens (including phenoxy) is 1. The van der Waals surface area contributed by atoms with E-state index in [0.717, 1.165) is 36.7 Å². The van der Waals surface area contributed by atoms with Gasteiger partial charge in [-0.1, -0.05) is 37.3 Å². The number of allylic oxidation sites excluding steroid dienone is 3. The number of rotatable bonds is 1. The van der Waals surface area contributed by atoms with Crippen LogP contribution in [0.3, 0.4) is 0 Å². The highest BCUT2D eigenvalue weighted by molar-refractivity contribution is 5.35. The predicted octanol–water partition coefficient (Wildman–Crippen LogP) is 6.22. The van der Waals surface area contributed by atoms with Crippen LogP contribution in [-0.4, -0.2) is 12.2 Å². The summed E-state index contributed by atoms with van der Waals surface area (Å²) in [5, 5.41) is 0. The first-order valence-corrected chi connectivity index (χ1v) is 10.8. The zero-order valence-electron chi connectivity index (χ0n) is 16.0. The van der Waals surface area contributed by atoms with Gasteiger partial charge in [-0.2, -0.15) is 0 Å². The van der Waals surface area contributed by atoms with Crippen molar-refractivity contribution in [3.05, 3.63) is 36.0 Å². The fourth-order valence-corrected chi connectivity index (χ4v) is 8.18. The Kier molecular flexibility index (Phi) is 3.66. The Morgan fingerprint density at radius 3 is 2.84 bits per heavy atom. The lowest BCUT2D eigenvalue weighted by Crippen LogP contribution is -2.54. The van der Waals surface area contributed by atoms with Crippen molar-refractivity contribution in [2.75, 3.05) is 6.61 Å². The molecular formula is C24H34O. The lowest BCUT2D eigenvalue weighted by molar-refractivity contribution is -0.107. The molecule has 0 aromatic rings. The summed E-state index contributed by atoms with van der Waals surface area (Å²) in [6.07, 6.45) is 15.5. The van der Waals surface area contributed by atoms with Crippen LogP contribution in [0.5, 0.6) is 0 Å². The standard InChI is InChI=1S/C24H34O/c1-4-23-15-16(2)22-19-8-6-5-7-18(19)9-10-20(22)21(23)11-13-24(23)17(3)12-14-25-24/h7,19-22H,2-6,8-15H2,1H3/t19-,20-,21-,22+,23-,24-/m0/s1. The van der Waals surface area contributed by atoms with Gasteiger partial charge in [0, 0.05) is 5.41 Å². The maximum absolute atomic E-state index is 6.56. The summed E-state index contributed by atoms with van der Waals surface area (Å²) in [6, 6.07) is 0. The second-order valence-electron chi connectivity index (χ2n) is 9.56. The van der Waals surface area contributed by atoms with E-state index in [1.165, 1.54) is 63.4 Å². The van der Waals surface area contributed by atoms with Gasteiger partial charge in [0.2, 0.25) is 0 Å². The zero-order valence-corrected chi connectivity index (χ0v) is 16.0. The van der Waals surface area contributed by atoms with E-state index in [0.29, 0.717) is 0 Å². The molecular weight excluding hydrogens is 304 g/mol. The molecule has 6 atom stereocenters. The largest absolute Gasteiger partial charge is 0.370 e. The van der Waals surface area contributed by atoms with Gasteiger partial charge in [-0.15, -0.1) is 0 Å². The highest BCUT2D eigenvalue weighted by atomic mass is 16.5. The normalized spacial score (nSPS) is 48.9. The molecule has 0 unspecified atom stereocenters. The minimum atomic E-state index is -0.0248. The van der Waals surface area contributed by atoms with Crippen LogP contribution in [-0.2, 0) is 4.74 Å². The summed E-state index contributed by atoms with van der Waals surface area (Å²) in [7, 11) is 0. The van der Waals surface area contributed by atoms with E-state index in [4.69, 9.17) is 11.3 Å². The van der Waals surface area contributed by atoms with Crippen LogP contribution < -0.4 is 0 Å². The minimum Gasteiger partial charge on any atom is -0.370 e. The first-order chi connectivity index (χ1) is 12.1. The van der Waals surface area contributed by atoms with E-state index in [-0.39, 0.29) is 11.0 Å². The minimum absolute atomic E-state index is 0.0248. The summed E-state index contributed by atoms with van der Waals surface area (Å²) in [5.41, 5.74) is 5.01. The molecule has 3 saturated carbocycles. The van der Waals surface area contributed by atoms with Crippen LogP contribution in [0.25, 0.3) is 0 Å². The third-order valence-corrected chi connectivity index (χ3v) is 9.07. The number of hydrogen-bond donors (Lipinski definition) is 0.